The summed E-state index contributed by atoms with van der Waals surface area (Å²) in [6.07, 6.45) is 13.0. The van der Waals surface area contributed by atoms with Crippen molar-refractivity contribution in [3.05, 3.63) is 11.6 Å². The van der Waals surface area contributed by atoms with Crippen LogP contribution in [0.2, 0.25) is 0 Å². The molecule has 7 atom stereocenters. The third-order valence-corrected chi connectivity index (χ3v) is 9.39. The summed E-state index contributed by atoms with van der Waals surface area (Å²) in [7, 11) is 0. The summed E-state index contributed by atoms with van der Waals surface area (Å²) < 4.78 is 6.70. The molecular weight excluding hydrogens is 284 g/mol. The Morgan fingerprint density at radius 3 is 2.65 bits per heavy atom. The predicted octanol–water partition coefficient (Wildman–Crippen LogP) is 4.82. The molecule has 0 radical (unpaired) electrons. The molecule has 2 aliphatic heterocycles. The minimum Gasteiger partial charge on any atom is -0.365 e. The molecule has 23 heavy (non-hydrogen) atoms. The topological polar surface area (TPSA) is 29.5 Å². The number of aliphatic hydroxyl groups is 1. The molecule has 2 heterocycles. The van der Waals surface area contributed by atoms with Crippen LogP contribution < -0.4 is 0 Å². The third-order valence-electron chi connectivity index (χ3n) is 9.39. The molecule has 4 bridgehead atoms. The van der Waals surface area contributed by atoms with Gasteiger partial charge in [0.2, 0.25) is 0 Å². The van der Waals surface area contributed by atoms with Crippen molar-refractivity contribution in [3.63, 3.8) is 0 Å². The third kappa shape index (κ3) is 1.54. The Hall–Kier alpha value is -0.340. The van der Waals surface area contributed by atoms with Gasteiger partial charge in [-0.25, -0.2) is 0 Å². The molecule has 0 amide bonds. The van der Waals surface area contributed by atoms with Gasteiger partial charge in [-0.05, 0) is 75.0 Å². The van der Waals surface area contributed by atoms with Gasteiger partial charge >= 0.3 is 0 Å². The van der Waals surface area contributed by atoms with E-state index in [2.05, 4.69) is 26.8 Å². The highest BCUT2D eigenvalue weighted by atomic mass is 16.6. The van der Waals surface area contributed by atoms with Crippen LogP contribution in [-0.4, -0.2) is 16.5 Å². The van der Waals surface area contributed by atoms with Crippen LogP contribution in [0.5, 0.6) is 0 Å². The second-order valence-electron chi connectivity index (χ2n) is 9.82. The molecule has 4 unspecified atom stereocenters. The van der Waals surface area contributed by atoms with Crippen molar-refractivity contribution in [3.8, 4) is 0 Å². The molecule has 0 aromatic carbocycles. The lowest BCUT2D eigenvalue weighted by Gasteiger charge is -2.72. The predicted molar refractivity (Wildman–Crippen MR) is 90.8 cm³/mol. The van der Waals surface area contributed by atoms with Crippen LogP contribution >= 0.6 is 0 Å². The van der Waals surface area contributed by atoms with Crippen LogP contribution in [-0.2, 0) is 4.74 Å². The second-order valence-corrected chi connectivity index (χ2v) is 9.82. The molecule has 4 aliphatic carbocycles. The lowest BCUT2D eigenvalue weighted by molar-refractivity contribution is -0.416. The smallest absolute Gasteiger partial charge is 0.166 e. The average Bonchev–Trinajstić information content (AvgIpc) is 2.84. The molecule has 6 fully saturated rings. The van der Waals surface area contributed by atoms with Gasteiger partial charge in [0.1, 0.15) is 0 Å². The Kier molecular flexibility index (Phi) is 2.76. The summed E-state index contributed by atoms with van der Waals surface area (Å²) >= 11 is 0. The van der Waals surface area contributed by atoms with Crippen LogP contribution in [0.25, 0.3) is 0 Å². The number of ether oxygens (including phenoxy) is 1. The number of hydrogen-bond donors (Lipinski definition) is 1. The van der Waals surface area contributed by atoms with E-state index in [1.807, 2.05) is 0 Å². The van der Waals surface area contributed by atoms with E-state index in [1.165, 1.54) is 38.5 Å². The van der Waals surface area contributed by atoms with Crippen LogP contribution in [0.1, 0.15) is 78.6 Å². The van der Waals surface area contributed by atoms with Crippen LogP contribution in [0.3, 0.4) is 0 Å². The first kappa shape index (κ1) is 15.0. The van der Waals surface area contributed by atoms with Gasteiger partial charge in [0.25, 0.3) is 0 Å². The lowest BCUT2D eigenvalue weighted by atomic mass is 9.40. The minimum absolute atomic E-state index is 0.0332. The van der Waals surface area contributed by atoms with Gasteiger partial charge in [0.05, 0.1) is 5.60 Å². The zero-order valence-corrected chi connectivity index (χ0v) is 15.0. The van der Waals surface area contributed by atoms with Crippen molar-refractivity contribution < 1.29 is 9.84 Å². The first-order valence-electron chi connectivity index (χ1n) is 9.95. The highest BCUT2D eigenvalue weighted by Crippen LogP contribution is 2.74. The standard InChI is InChI=1S/C21H32O2/c1-4-14-5-7-16-17-8-6-15-13-20(22)11-10-19(15,3)21(17,23-20)12-9-18(14,16)2/h4,15-17,22H,5-13H2,1-3H3/b14-4-/t15?,16?,17?,18-,19+,20-,21?/m1/s1. The SMILES string of the molecule is C/C=C1/CCC2C3CCC4C[C@@]5(O)CC[C@]4(C)C3(CC[C@]12C)O5. The quantitative estimate of drug-likeness (QED) is 0.649. The van der Waals surface area contributed by atoms with E-state index < -0.39 is 5.79 Å². The molecule has 2 saturated heterocycles. The van der Waals surface area contributed by atoms with Crippen molar-refractivity contribution in [2.75, 3.05) is 0 Å². The van der Waals surface area contributed by atoms with E-state index in [0.29, 0.717) is 22.7 Å². The van der Waals surface area contributed by atoms with E-state index in [1.54, 1.807) is 5.57 Å². The van der Waals surface area contributed by atoms with Crippen molar-refractivity contribution in [2.24, 2.45) is 28.6 Å². The largest absolute Gasteiger partial charge is 0.365 e. The molecule has 6 aliphatic rings. The van der Waals surface area contributed by atoms with Gasteiger partial charge in [-0.3, -0.25) is 0 Å². The van der Waals surface area contributed by atoms with Crippen molar-refractivity contribution in [2.45, 2.75) is 89.9 Å². The Morgan fingerprint density at radius 1 is 1.04 bits per heavy atom. The molecule has 2 nitrogen and oxygen atoms in total. The highest BCUT2D eigenvalue weighted by Gasteiger charge is 2.73. The van der Waals surface area contributed by atoms with Crippen LogP contribution in [0, 0.1) is 28.6 Å². The van der Waals surface area contributed by atoms with Crippen LogP contribution in [0.4, 0.5) is 0 Å². The summed E-state index contributed by atoms with van der Waals surface area (Å²) in [4.78, 5) is 0. The summed E-state index contributed by atoms with van der Waals surface area (Å²) in [6, 6.07) is 0. The summed E-state index contributed by atoms with van der Waals surface area (Å²) in [5.74, 6) is 1.30. The average molecular weight is 316 g/mol. The molecule has 0 aromatic heterocycles. The number of hydrogen-bond acceptors (Lipinski definition) is 2. The normalized spacial score (nSPS) is 62.3. The van der Waals surface area contributed by atoms with Gasteiger partial charge in [-0.2, -0.15) is 0 Å². The summed E-state index contributed by atoms with van der Waals surface area (Å²) in [5.41, 5.74) is 2.37. The Labute approximate surface area is 140 Å². The molecule has 1 spiro atoms. The Balaban J connectivity index is 1.62. The van der Waals surface area contributed by atoms with Gasteiger partial charge in [-0.15, -0.1) is 0 Å². The molecule has 128 valence electrons. The van der Waals surface area contributed by atoms with E-state index in [-0.39, 0.29) is 5.60 Å². The second kappa shape index (κ2) is 4.25. The fraction of sp³-hybridized carbons (Fsp3) is 0.905. The number of allylic oxidation sites excluding steroid dienone is 2. The van der Waals surface area contributed by atoms with Gasteiger partial charge in [-0.1, -0.05) is 25.5 Å². The maximum absolute atomic E-state index is 11.0. The fourth-order valence-corrected chi connectivity index (χ4v) is 8.12. The van der Waals surface area contributed by atoms with Crippen molar-refractivity contribution >= 4 is 0 Å². The summed E-state index contributed by atoms with van der Waals surface area (Å²) in [5, 5.41) is 11.0. The van der Waals surface area contributed by atoms with Gasteiger partial charge in [0, 0.05) is 18.3 Å². The highest BCUT2D eigenvalue weighted by molar-refractivity contribution is 5.28. The van der Waals surface area contributed by atoms with E-state index >= 15 is 0 Å². The molecule has 0 aromatic rings. The molecule has 6 rings (SSSR count). The zero-order valence-electron chi connectivity index (χ0n) is 15.0. The number of rotatable bonds is 0. The minimum atomic E-state index is -0.809. The van der Waals surface area contributed by atoms with Crippen molar-refractivity contribution in [1.82, 2.24) is 0 Å². The molecular formula is C21H32O2. The van der Waals surface area contributed by atoms with Gasteiger partial charge < -0.3 is 9.84 Å². The van der Waals surface area contributed by atoms with E-state index in [9.17, 15) is 5.11 Å². The van der Waals surface area contributed by atoms with Gasteiger partial charge in [0.15, 0.2) is 5.79 Å². The van der Waals surface area contributed by atoms with Crippen LogP contribution in [0.15, 0.2) is 11.6 Å². The fourth-order valence-electron chi connectivity index (χ4n) is 8.12. The Bertz CT molecular complexity index is 582. The molecule has 1 N–H and O–H groups in total. The first-order chi connectivity index (χ1) is 10.9. The first-order valence-corrected chi connectivity index (χ1v) is 9.95. The zero-order chi connectivity index (χ0) is 16.1. The number of fused-ring (bicyclic) bond motifs is 3. The van der Waals surface area contributed by atoms with E-state index in [0.717, 1.165) is 25.2 Å². The maximum atomic E-state index is 11.0. The summed E-state index contributed by atoms with van der Waals surface area (Å²) in [6.45, 7) is 7.27. The molecule has 2 heteroatoms. The monoisotopic (exact) mass is 316 g/mol. The van der Waals surface area contributed by atoms with E-state index in [4.69, 9.17) is 4.74 Å². The maximum Gasteiger partial charge on any atom is 0.166 e. The Morgan fingerprint density at radius 2 is 1.87 bits per heavy atom. The van der Waals surface area contributed by atoms with Crippen molar-refractivity contribution in [1.29, 1.82) is 0 Å². The lowest BCUT2D eigenvalue weighted by Crippen LogP contribution is -2.74. The molecule has 4 saturated carbocycles.